The number of methoxy groups -OCH3 is 2. The number of fused-ring (bicyclic) bond motifs is 2. The van der Waals surface area contributed by atoms with Gasteiger partial charge in [-0.1, -0.05) is 6.07 Å². The standard InChI is InChI=1S/C45H57N7O7/c1-46-45(57)52-16-12-32-36(25-48(2)44(56)37(32)27-52)30-22-39(58-3)38(40(23-30)59-4)26-50-19-17-49(18-20-50)13-9-28-10-14-51(15-11-28)31-6-5-29-21-35(42(54)34(29)24-31)33-7-8-41(53)47-43(33)55/h5-6,22-25,28,33,35H,7-21,26-27H2,1-4H3,(H,46,57)(H,47,53,55)/i1D3. The molecule has 59 heavy (non-hydrogen) atoms. The number of ketones is 1. The predicted molar refractivity (Wildman–Crippen MR) is 224 cm³/mol. The monoisotopic (exact) mass is 810 g/mol. The number of nitrogens with one attached hydrogen (secondary N) is 2. The van der Waals surface area contributed by atoms with Gasteiger partial charge in [-0.15, -0.1) is 0 Å². The zero-order valence-corrected chi connectivity index (χ0v) is 34.3. The Balaban J connectivity index is 0.835. The summed E-state index contributed by atoms with van der Waals surface area (Å²) in [4.78, 5) is 72.3. The number of nitrogens with zero attached hydrogens (tertiary/aromatic N) is 5. The van der Waals surface area contributed by atoms with E-state index in [1.165, 1.54) is 9.47 Å². The van der Waals surface area contributed by atoms with Crippen LogP contribution in [0.1, 0.15) is 68.8 Å². The Morgan fingerprint density at radius 2 is 1.59 bits per heavy atom. The Morgan fingerprint density at radius 1 is 0.864 bits per heavy atom. The van der Waals surface area contributed by atoms with Gasteiger partial charge in [0, 0.05) is 117 Å². The molecule has 2 unspecified atom stereocenters. The molecule has 3 aromatic rings. The number of hydrogen-bond donors (Lipinski definition) is 2. The molecule has 2 atom stereocenters. The number of Topliss-reactive ketones (excluding diaryl/α,β-unsaturated/α-hetero) is 1. The number of pyridine rings is 1. The molecule has 0 saturated carbocycles. The molecule has 5 aliphatic rings. The van der Waals surface area contributed by atoms with Gasteiger partial charge in [-0.2, -0.15) is 0 Å². The fourth-order valence-electron chi connectivity index (χ4n) is 9.95. The number of hydrogen-bond acceptors (Lipinski definition) is 10. The van der Waals surface area contributed by atoms with Crippen LogP contribution in [0.25, 0.3) is 11.1 Å². The minimum Gasteiger partial charge on any atom is -0.496 e. The number of carbonyl (C=O) groups excluding carboxylic acids is 4. The lowest BCUT2D eigenvalue weighted by Gasteiger charge is -2.37. The number of piperazine rings is 1. The van der Waals surface area contributed by atoms with Crippen molar-refractivity contribution < 1.29 is 32.8 Å². The first-order valence-corrected chi connectivity index (χ1v) is 20.9. The number of ether oxygens (including phenoxy) is 2. The van der Waals surface area contributed by atoms with Crippen molar-refractivity contribution in [1.82, 2.24) is 29.9 Å². The molecule has 14 nitrogen and oxygen atoms in total. The molecule has 4 aliphatic heterocycles. The molecule has 1 aliphatic carbocycles. The third kappa shape index (κ3) is 8.21. The van der Waals surface area contributed by atoms with Crippen molar-refractivity contribution >= 4 is 29.3 Å². The fraction of sp³-hybridized carbons (Fsp3) is 0.533. The first kappa shape index (κ1) is 36.8. The van der Waals surface area contributed by atoms with E-state index in [1.807, 2.05) is 23.5 Å². The summed E-state index contributed by atoms with van der Waals surface area (Å²) < 4.78 is 35.7. The number of amides is 4. The highest BCUT2D eigenvalue weighted by Gasteiger charge is 2.42. The van der Waals surface area contributed by atoms with Crippen LogP contribution in [-0.4, -0.2) is 116 Å². The maximum absolute atomic E-state index is 13.5. The Kier molecular flexibility index (Phi) is 10.7. The van der Waals surface area contributed by atoms with Gasteiger partial charge >= 0.3 is 6.03 Å². The van der Waals surface area contributed by atoms with Crippen molar-refractivity contribution in [1.29, 1.82) is 0 Å². The number of piperidine rings is 2. The number of aromatic nitrogens is 1. The summed E-state index contributed by atoms with van der Waals surface area (Å²) in [6, 6.07) is 9.43. The average Bonchev–Trinajstić information content (AvgIpc) is 3.58. The second-order valence-corrected chi connectivity index (χ2v) is 16.8. The zero-order chi connectivity index (χ0) is 43.9. The van der Waals surface area contributed by atoms with Crippen LogP contribution in [-0.2, 0) is 42.6 Å². The van der Waals surface area contributed by atoms with Crippen molar-refractivity contribution in [2.45, 2.75) is 58.0 Å². The average molecular weight is 811 g/mol. The van der Waals surface area contributed by atoms with E-state index in [-0.39, 0.29) is 42.7 Å². The summed E-state index contributed by atoms with van der Waals surface area (Å²) in [5.41, 5.74) is 6.46. The lowest BCUT2D eigenvalue weighted by Crippen LogP contribution is -2.46. The van der Waals surface area contributed by atoms with Crippen LogP contribution in [0.5, 0.6) is 11.5 Å². The largest absolute Gasteiger partial charge is 0.496 e. The second kappa shape index (κ2) is 17.2. The quantitative estimate of drug-likeness (QED) is 0.292. The number of carbonyl (C=O) groups is 4. The molecule has 4 amide bonds. The summed E-state index contributed by atoms with van der Waals surface area (Å²) in [6.45, 7) is 5.01. The summed E-state index contributed by atoms with van der Waals surface area (Å²) in [6.07, 6.45) is 6.81. The molecular formula is C45H57N7O7. The highest BCUT2D eigenvalue weighted by Crippen LogP contribution is 2.40. The van der Waals surface area contributed by atoms with Crippen molar-refractivity contribution in [3.05, 3.63) is 74.7 Å². The molecule has 314 valence electrons. The molecule has 5 heterocycles. The minimum atomic E-state index is -2.62. The van der Waals surface area contributed by atoms with Gasteiger partial charge in [0.2, 0.25) is 11.8 Å². The summed E-state index contributed by atoms with van der Waals surface area (Å²) in [5.74, 6) is 0.633. The highest BCUT2D eigenvalue weighted by molar-refractivity contribution is 6.07. The Labute approximate surface area is 350 Å². The van der Waals surface area contributed by atoms with Gasteiger partial charge in [0.05, 0.1) is 26.3 Å². The van der Waals surface area contributed by atoms with Crippen molar-refractivity contribution in [2.75, 3.05) is 78.5 Å². The molecule has 1 aromatic heterocycles. The van der Waals surface area contributed by atoms with Crippen molar-refractivity contribution in [2.24, 2.45) is 24.8 Å². The molecule has 8 rings (SSSR count). The molecule has 0 bridgehead atoms. The number of rotatable bonds is 10. The Morgan fingerprint density at radius 3 is 2.29 bits per heavy atom. The van der Waals surface area contributed by atoms with Gasteiger partial charge < -0.3 is 34.1 Å². The van der Waals surface area contributed by atoms with E-state index in [0.717, 1.165) is 104 Å². The Bertz CT molecular complexity index is 2270. The van der Waals surface area contributed by atoms with Gasteiger partial charge in [-0.25, -0.2) is 4.79 Å². The van der Waals surface area contributed by atoms with Crippen LogP contribution in [0.4, 0.5) is 10.5 Å². The van der Waals surface area contributed by atoms with E-state index in [9.17, 15) is 24.0 Å². The smallest absolute Gasteiger partial charge is 0.317 e. The minimum absolute atomic E-state index is 0.00746. The number of imide groups is 1. The maximum atomic E-state index is 13.5. The molecule has 0 radical (unpaired) electrons. The predicted octanol–water partition coefficient (Wildman–Crippen LogP) is 3.60. The molecule has 2 aromatic carbocycles. The summed E-state index contributed by atoms with van der Waals surface area (Å²) in [5, 5.41) is 4.45. The lowest BCUT2D eigenvalue weighted by molar-refractivity contribution is -0.137. The third-order valence-electron chi connectivity index (χ3n) is 13.5. The first-order valence-electron chi connectivity index (χ1n) is 22.4. The topological polar surface area (TPSA) is 146 Å². The van der Waals surface area contributed by atoms with Crippen LogP contribution in [0.3, 0.4) is 0 Å². The van der Waals surface area contributed by atoms with Crippen LogP contribution < -0.4 is 30.6 Å². The van der Waals surface area contributed by atoms with Crippen molar-refractivity contribution in [3.8, 4) is 22.6 Å². The van der Waals surface area contributed by atoms with E-state index in [4.69, 9.17) is 13.6 Å². The van der Waals surface area contributed by atoms with Crippen LogP contribution in [0, 0.1) is 17.8 Å². The first-order chi connectivity index (χ1) is 29.7. The lowest BCUT2D eigenvalue weighted by atomic mass is 9.83. The van der Waals surface area contributed by atoms with Gasteiger partial charge in [-0.05, 0) is 91.9 Å². The van der Waals surface area contributed by atoms with Crippen LogP contribution in [0.2, 0.25) is 0 Å². The van der Waals surface area contributed by atoms with E-state index in [2.05, 4.69) is 32.1 Å². The number of aryl methyl sites for hydroxylation is 1. The van der Waals surface area contributed by atoms with Gasteiger partial charge in [0.25, 0.3) is 5.56 Å². The third-order valence-corrected chi connectivity index (χ3v) is 13.5. The normalized spacial score (nSPS) is 22.6. The molecular weight excluding hydrogens is 751 g/mol. The van der Waals surface area contributed by atoms with Gasteiger partial charge in [0.15, 0.2) is 5.78 Å². The molecule has 3 saturated heterocycles. The van der Waals surface area contributed by atoms with Crippen LogP contribution in [0.15, 0.2) is 41.3 Å². The molecule has 0 spiro atoms. The molecule has 2 N–H and O–H groups in total. The van der Waals surface area contributed by atoms with Crippen molar-refractivity contribution in [3.63, 3.8) is 0 Å². The zero-order valence-electron chi connectivity index (χ0n) is 37.3. The van der Waals surface area contributed by atoms with Crippen LogP contribution >= 0.6 is 0 Å². The van der Waals surface area contributed by atoms with Gasteiger partial charge in [-0.3, -0.25) is 29.4 Å². The highest BCUT2D eigenvalue weighted by atomic mass is 16.5. The molecule has 14 heteroatoms. The van der Waals surface area contributed by atoms with E-state index in [0.29, 0.717) is 48.8 Å². The number of urea groups is 1. The Hall–Kier alpha value is -5.21. The number of anilines is 1. The summed E-state index contributed by atoms with van der Waals surface area (Å²) >= 11 is 0. The van der Waals surface area contributed by atoms with E-state index < -0.39 is 24.8 Å². The second-order valence-electron chi connectivity index (χ2n) is 16.8. The van der Waals surface area contributed by atoms with E-state index >= 15 is 0 Å². The van der Waals surface area contributed by atoms with Gasteiger partial charge in [0.1, 0.15) is 11.5 Å². The SMILES string of the molecule is [2H]C([2H])([2H])NC(=O)N1CCc2c(-c3cc(OC)c(CN4CCN(CCC5CCN(c6ccc7c(c6)C(=O)C(C6CCC(=O)NC6=O)C7)CC5)CC4)c(OC)c3)cn(C)c(=O)c2C1. The molecule has 3 fully saturated rings. The maximum Gasteiger partial charge on any atom is 0.317 e. The number of benzene rings is 2. The fourth-order valence-corrected chi connectivity index (χ4v) is 9.95. The summed E-state index contributed by atoms with van der Waals surface area (Å²) in [7, 11) is 4.97. The van der Waals surface area contributed by atoms with E-state index in [1.54, 1.807) is 27.5 Å².